The number of aromatic nitrogens is 2. The summed E-state index contributed by atoms with van der Waals surface area (Å²) in [7, 11) is 0. The Kier molecular flexibility index (Phi) is 5.49. The highest BCUT2D eigenvalue weighted by Crippen LogP contribution is 2.33. The summed E-state index contributed by atoms with van der Waals surface area (Å²) < 4.78 is 0. The molecule has 2 aromatic carbocycles. The Morgan fingerprint density at radius 1 is 1.00 bits per heavy atom. The molecule has 3 aromatic rings. The molecule has 0 aliphatic rings. The lowest BCUT2D eigenvalue weighted by atomic mass is 10.0. The van der Waals surface area contributed by atoms with E-state index in [1.54, 1.807) is 0 Å². The van der Waals surface area contributed by atoms with E-state index in [1.165, 1.54) is 0 Å². The third-order valence-corrected chi connectivity index (χ3v) is 4.60. The smallest absolute Gasteiger partial charge is 0.222 e. The Labute approximate surface area is 162 Å². The molecular formula is C19H19Cl2N5. The molecule has 1 aromatic heterocycles. The van der Waals surface area contributed by atoms with Crippen LogP contribution in [0.25, 0.3) is 11.1 Å². The Morgan fingerprint density at radius 3 is 2.42 bits per heavy atom. The van der Waals surface area contributed by atoms with Crippen molar-refractivity contribution in [1.29, 1.82) is 0 Å². The molecule has 3 rings (SSSR count). The lowest BCUT2D eigenvalue weighted by Crippen LogP contribution is -2.06. The van der Waals surface area contributed by atoms with Crippen LogP contribution < -0.4 is 16.8 Å². The maximum absolute atomic E-state index is 6.35. The molecule has 0 aliphatic heterocycles. The molecule has 0 atom stereocenters. The van der Waals surface area contributed by atoms with Gasteiger partial charge in [0, 0.05) is 17.1 Å². The fourth-order valence-electron chi connectivity index (χ4n) is 2.73. The summed E-state index contributed by atoms with van der Waals surface area (Å²) in [5.74, 6) is 0.540. The summed E-state index contributed by atoms with van der Waals surface area (Å²) in [5, 5.41) is 4.67. The number of nitrogens with two attached hydrogens (primary N) is 2. The first-order valence-corrected chi connectivity index (χ1v) is 8.93. The van der Waals surface area contributed by atoms with Crippen LogP contribution in [0.3, 0.4) is 0 Å². The standard InChI is InChI=1S/C19H19Cl2N5/c1-2-15-17(18(22)26-19(23)25-15)12-5-8-14(21)16(9-12)24-10-11-3-6-13(20)7-4-11/h3-9,24H,2,10H2,1H3,(H4,22,23,25,26). The molecule has 0 saturated heterocycles. The summed E-state index contributed by atoms with van der Waals surface area (Å²) in [5.41, 5.74) is 16.2. The van der Waals surface area contributed by atoms with Gasteiger partial charge in [0.15, 0.2) is 0 Å². The molecule has 0 spiro atoms. The van der Waals surface area contributed by atoms with Gasteiger partial charge in [-0.2, -0.15) is 4.98 Å². The highest BCUT2D eigenvalue weighted by molar-refractivity contribution is 6.33. The van der Waals surface area contributed by atoms with Crippen LogP contribution in [0.5, 0.6) is 0 Å². The van der Waals surface area contributed by atoms with E-state index in [-0.39, 0.29) is 5.95 Å². The first kappa shape index (κ1) is 18.3. The average molecular weight is 388 g/mol. The van der Waals surface area contributed by atoms with Crippen molar-refractivity contribution in [2.24, 2.45) is 0 Å². The zero-order valence-electron chi connectivity index (χ0n) is 14.3. The second-order valence-electron chi connectivity index (χ2n) is 5.82. The normalized spacial score (nSPS) is 10.7. The van der Waals surface area contributed by atoms with Crippen LogP contribution in [0.15, 0.2) is 42.5 Å². The Hall–Kier alpha value is -2.50. The SMILES string of the molecule is CCc1nc(N)nc(N)c1-c1ccc(Cl)c(NCc2ccc(Cl)cc2)c1. The number of nitrogen functional groups attached to an aromatic ring is 2. The lowest BCUT2D eigenvalue weighted by Gasteiger charge is -2.14. The summed E-state index contributed by atoms with van der Waals surface area (Å²) >= 11 is 12.3. The van der Waals surface area contributed by atoms with Crippen LogP contribution in [-0.2, 0) is 13.0 Å². The number of nitrogens with one attached hydrogen (secondary N) is 1. The van der Waals surface area contributed by atoms with E-state index < -0.39 is 0 Å². The first-order valence-electron chi connectivity index (χ1n) is 8.18. The largest absolute Gasteiger partial charge is 0.383 e. The van der Waals surface area contributed by atoms with Crippen molar-refractivity contribution in [2.75, 3.05) is 16.8 Å². The third-order valence-electron chi connectivity index (χ3n) is 4.02. The van der Waals surface area contributed by atoms with Crippen LogP contribution in [0, 0.1) is 0 Å². The van der Waals surface area contributed by atoms with Crippen LogP contribution >= 0.6 is 23.2 Å². The molecule has 0 radical (unpaired) electrons. The van der Waals surface area contributed by atoms with Crippen LogP contribution in [-0.4, -0.2) is 9.97 Å². The fourth-order valence-corrected chi connectivity index (χ4v) is 3.04. The Balaban J connectivity index is 1.92. The molecule has 0 aliphatic carbocycles. The van der Waals surface area contributed by atoms with Gasteiger partial charge < -0.3 is 16.8 Å². The summed E-state index contributed by atoms with van der Waals surface area (Å²) in [6.07, 6.45) is 0.697. The topological polar surface area (TPSA) is 89.8 Å². The van der Waals surface area contributed by atoms with Gasteiger partial charge in [-0.05, 0) is 41.8 Å². The molecule has 5 N–H and O–H groups in total. The molecule has 0 amide bonds. The minimum Gasteiger partial charge on any atom is -0.383 e. The van der Waals surface area contributed by atoms with Gasteiger partial charge in [-0.3, -0.25) is 0 Å². The van der Waals surface area contributed by atoms with E-state index in [4.69, 9.17) is 34.7 Å². The molecule has 0 bridgehead atoms. The van der Waals surface area contributed by atoms with Gasteiger partial charge in [-0.25, -0.2) is 4.98 Å². The van der Waals surface area contributed by atoms with E-state index in [2.05, 4.69) is 15.3 Å². The number of rotatable bonds is 5. The average Bonchev–Trinajstić information content (AvgIpc) is 2.62. The second-order valence-corrected chi connectivity index (χ2v) is 6.66. The van der Waals surface area contributed by atoms with Gasteiger partial charge in [0.25, 0.3) is 0 Å². The zero-order valence-corrected chi connectivity index (χ0v) is 15.8. The van der Waals surface area contributed by atoms with Crippen molar-refractivity contribution >= 4 is 40.7 Å². The van der Waals surface area contributed by atoms with Gasteiger partial charge in [-0.15, -0.1) is 0 Å². The third kappa shape index (κ3) is 4.00. The van der Waals surface area contributed by atoms with Gasteiger partial charge in [0.05, 0.1) is 16.4 Å². The number of anilines is 3. The van der Waals surface area contributed by atoms with E-state index in [1.807, 2.05) is 49.4 Å². The number of benzene rings is 2. The summed E-state index contributed by atoms with van der Waals surface area (Å²) in [4.78, 5) is 8.39. The lowest BCUT2D eigenvalue weighted by molar-refractivity contribution is 1.02. The number of nitrogens with zero attached hydrogens (tertiary/aromatic N) is 2. The van der Waals surface area contributed by atoms with Gasteiger partial charge in [0.1, 0.15) is 5.82 Å². The van der Waals surface area contributed by atoms with Crippen molar-refractivity contribution in [1.82, 2.24) is 9.97 Å². The molecule has 5 nitrogen and oxygen atoms in total. The zero-order chi connectivity index (χ0) is 18.7. The van der Waals surface area contributed by atoms with Crippen molar-refractivity contribution in [3.05, 3.63) is 63.8 Å². The van der Waals surface area contributed by atoms with Crippen LogP contribution in [0.2, 0.25) is 10.0 Å². The van der Waals surface area contributed by atoms with Crippen molar-refractivity contribution in [3.8, 4) is 11.1 Å². The Morgan fingerprint density at radius 2 is 1.73 bits per heavy atom. The minimum atomic E-state index is 0.179. The monoisotopic (exact) mass is 387 g/mol. The highest BCUT2D eigenvalue weighted by Gasteiger charge is 2.14. The van der Waals surface area contributed by atoms with Gasteiger partial charge >= 0.3 is 0 Å². The predicted molar refractivity (Wildman–Crippen MR) is 109 cm³/mol. The maximum Gasteiger partial charge on any atom is 0.222 e. The maximum atomic E-state index is 6.35. The molecule has 0 unspecified atom stereocenters. The van der Waals surface area contributed by atoms with Crippen LogP contribution in [0.1, 0.15) is 18.2 Å². The molecule has 0 saturated carbocycles. The van der Waals surface area contributed by atoms with Crippen molar-refractivity contribution in [2.45, 2.75) is 19.9 Å². The van der Waals surface area contributed by atoms with E-state index in [0.29, 0.717) is 28.8 Å². The fraction of sp³-hybridized carbons (Fsp3) is 0.158. The predicted octanol–water partition coefficient (Wildman–Crippen LogP) is 4.79. The Bertz CT molecular complexity index is 926. The molecule has 7 heteroatoms. The van der Waals surface area contributed by atoms with E-state index in [0.717, 1.165) is 28.1 Å². The highest BCUT2D eigenvalue weighted by atomic mass is 35.5. The molecule has 1 heterocycles. The quantitative estimate of drug-likeness (QED) is 0.585. The molecule has 26 heavy (non-hydrogen) atoms. The van der Waals surface area contributed by atoms with Crippen molar-refractivity contribution in [3.63, 3.8) is 0 Å². The minimum absolute atomic E-state index is 0.179. The molecule has 134 valence electrons. The van der Waals surface area contributed by atoms with Crippen LogP contribution in [0.4, 0.5) is 17.5 Å². The van der Waals surface area contributed by atoms with E-state index >= 15 is 0 Å². The molecular weight excluding hydrogens is 369 g/mol. The van der Waals surface area contributed by atoms with Gasteiger partial charge in [0.2, 0.25) is 5.95 Å². The van der Waals surface area contributed by atoms with E-state index in [9.17, 15) is 0 Å². The number of aryl methyl sites for hydroxylation is 1. The number of halogens is 2. The number of hydrogen-bond donors (Lipinski definition) is 3. The van der Waals surface area contributed by atoms with Gasteiger partial charge in [-0.1, -0.05) is 48.3 Å². The summed E-state index contributed by atoms with van der Waals surface area (Å²) in [6.45, 7) is 2.62. The first-order chi connectivity index (χ1) is 12.5. The summed E-state index contributed by atoms with van der Waals surface area (Å²) in [6, 6.07) is 13.3. The second kappa shape index (κ2) is 7.81. The molecule has 0 fully saturated rings. The number of hydrogen-bond acceptors (Lipinski definition) is 5. The van der Waals surface area contributed by atoms with Crippen molar-refractivity contribution < 1.29 is 0 Å².